The van der Waals surface area contributed by atoms with Crippen molar-refractivity contribution in [3.05, 3.63) is 85.1 Å². The Balaban J connectivity index is 4.45. The van der Waals surface area contributed by atoms with Gasteiger partial charge in [-0.05, 0) is 116 Å². The second-order valence-corrected chi connectivity index (χ2v) is 18.5. The zero-order chi connectivity index (χ0) is 48.6. The van der Waals surface area contributed by atoms with Gasteiger partial charge in [-0.3, -0.25) is 14.4 Å². The average molecular weight is 933 g/mol. The summed E-state index contributed by atoms with van der Waals surface area (Å²) in [7, 11) is 0. The van der Waals surface area contributed by atoms with E-state index in [1.807, 2.05) is 0 Å². The Morgan fingerprint density at radius 2 is 0.582 bits per heavy atom. The highest BCUT2D eigenvalue weighted by Crippen LogP contribution is 2.14. The molecular formula is C61H104O6. The van der Waals surface area contributed by atoms with Crippen molar-refractivity contribution >= 4 is 17.9 Å². The van der Waals surface area contributed by atoms with Crippen molar-refractivity contribution < 1.29 is 28.6 Å². The first-order chi connectivity index (χ1) is 33.0. The third kappa shape index (κ3) is 53.4. The van der Waals surface area contributed by atoms with Crippen LogP contribution in [0.1, 0.15) is 265 Å². The molecule has 0 spiro atoms. The molecule has 0 aromatic rings. The molecule has 0 aromatic heterocycles. The molecule has 0 fully saturated rings. The number of ether oxygens (including phenoxy) is 3. The predicted molar refractivity (Wildman–Crippen MR) is 288 cm³/mol. The van der Waals surface area contributed by atoms with Crippen molar-refractivity contribution in [2.24, 2.45) is 0 Å². The summed E-state index contributed by atoms with van der Waals surface area (Å²) in [6, 6.07) is 0. The second kappa shape index (κ2) is 55.2. The summed E-state index contributed by atoms with van der Waals surface area (Å²) < 4.78 is 16.8. The lowest BCUT2D eigenvalue weighted by Crippen LogP contribution is -2.30. The minimum absolute atomic E-state index is 0.0909. The van der Waals surface area contributed by atoms with Gasteiger partial charge in [-0.1, -0.05) is 215 Å². The smallest absolute Gasteiger partial charge is 0.306 e. The van der Waals surface area contributed by atoms with Crippen LogP contribution in [0, 0.1) is 0 Å². The summed E-state index contributed by atoms with van der Waals surface area (Å²) >= 11 is 0. The third-order valence-corrected chi connectivity index (χ3v) is 11.9. The highest BCUT2D eigenvalue weighted by molar-refractivity contribution is 5.71. The normalized spacial score (nSPS) is 12.7. The number of hydrogen-bond acceptors (Lipinski definition) is 6. The molecular weight excluding hydrogens is 829 g/mol. The fraction of sp³-hybridized carbons (Fsp3) is 0.721. The van der Waals surface area contributed by atoms with E-state index in [-0.39, 0.29) is 31.1 Å². The van der Waals surface area contributed by atoms with Crippen molar-refractivity contribution in [1.82, 2.24) is 0 Å². The molecule has 6 heteroatoms. The summed E-state index contributed by atoms with van der Waals surface area (Å²) in [5.74, 6) is -0.929. The van der Waals surface area contributed by atoms with Gasteiger partial charge in [0.1, 0.15) is 13.2 Å². The van der Waals surface area contributed by atoms with E-state index in [9.17, 15) is 14.4 Å². The molecule has 0 amide bonds. The fourth-order valence-electron chi connectivity index (χ4n) is 7.63. The second-order valence-electron chi connectivity index (χ2n) is 18.5. The highest BCUT2D eigenvalue weighted by atomic mass is 16.6. The van der Waals surface area contributed by atoms with E-state index in [2.05, 4.69) is 106 Å². The van der Waals surface area contributed by atoms with E-state index in [1.165, 1.54) is 128 Å². The van der Waals surface area contributed by atoms with Gasteiger partial charge in [0.05, 0.1) is 0 Å². The van der Waals surface area contributed by atoms with Crippen LogP contribution < -0.4 is 0 Å². The molecule has 0 aliphatic rings. The Morgan fingerprint density at radius 3 is 0.940 bits per heavy atom. The number of esters is 3. The summed E-state index contributed by atoms with van der Waals surface area (Å²) in [5.41, 5.74) is 0. The van der Waals surface area contributed by atoms with Gasteiger partial charge in [-0.2, -0.15) is 0 Å². The Labute approximate surface area is 414 Å². The summed E-state index contributed by atoms with van der Waals surface area (Å²) in [6.45, 7) is 6.47. The van der Waals surface area contributed by atoms with E-state index < -0.39 is 6.10 Å². The fourth-order valence-corrected chi connectivity index (χ4v) is 7.63. The molecule has 0 aromatic carbocycles. The van der Waals surface area contributed by atoms with Crippen LogP contribution in [-0.4, -0.2) is 37.2 Å². The molecule has 0 aliphatic heterocycles. The van der Waals surface area contributed by atoms with Crippen LogP contribution in [0.2, 0.25) is 0 Å². The van der Waals surface area contributed by atoms with E-state index in [4.69, 9.17) is 14.2 Å². The molecule has 6 nitrogen and oxygen atoms in total. The first kappa shape index (κ1) is 63.6. The van der Waals surface area contributed by atoms with Gasteiger partial charge >= 0.3 is 17.9 Å². The average Bonchev–Trinajstić information content (AvgIpc) is 3.33. The molecule has 1 atom stereocenters. The van der Waals surface area contributed by atoms with Crippen LogP contribution in [-0.2, 0) is 28.6 Å². The molecule has 0 heterocycles. The summed E-state index contributed by atoms with van der Waals surface area (Å²) in [5, 5.41) is 0. The van der Waals surface area contributed by atoms with Crippen LogP contribution in [0.25, 0.3) is 0 Å². The molecule has 0 N–H and O–H groups in total. The largest absolute Gasteiger partial charge is 0.462 e. The Bertz CT molecular complexity index is 1300. The maximum Gasteiger partial charge on any atom is 0.306 e. The van der Waals surface area contributed by atoms with E-state index in [0.717, 1.165) is 96.3 Å². The number of carbonyl (C=O) groups excluding carboxylic acids is 3. The van der Waals surface area contributed by atoms with Crippen molar-refractivity contribution in [1.29, 1.82) is 0 Å². The Kier molecular flexibility index (Phi) is 52.4. The first-order valence-corrected chi connectivity index (χ1v) is 28.1. The zero-order valence-corrected chi connectivity index (χ0v) is 43.9. The topological polar surface area (TPSA) is 78.9 Å². The van der Waals surface area contributed by atoms with Crippen LogP contribution >= 0.6 is 0 Å². The SMILES string of the molecule is CC/C=C/C/C=C/C/C=C/C/C=C/C/C=C/CCCCCC(=O)OC[C@@H](COC(=O)CCCCCCCCC/C=C/CCCCCC)OC(=O)CCCCCCCCC/C=C/CCCCCC. The van der Waals surface area contributed by atoms with Gasteiger partial charge in [-0.15, -0.1) is 0 Å². The minimum atomic E-state index is -0.794. The van der Waals surface area contributed by atoms with E-state index in [1.54, 1.807) is 0 Å². The van der Waals surface area contributed by atoms with Crippen LogP contribution in [0.5, 0.6) is 0 Å². The molecule has 0 unspecified atom stereocenters. The molecule has 67 heavy (non-hydrogen) atoms. The van der Waals surface area contributed by atoms with E-state index in [0.29, 0.717) is 19.3 Å². The summed E-state index contributed by atoms with van der Waals surface area (Å²) in [4.78, 5) is 38.1. The zero-order valence-electron chi connectivity index (χ0n) is 43.9. The lowest BCUT2D eigenvalue weighted by molar-refractivity contribution is -0.167. The lowest BCUT2D eigenvalue weighted by Gasteiger charge is -2.18. The molecule has 0 rings (SSSR count). The number of carbonyl (C=O) groups is 3. The maximum absolute atomic E-state index is 12.8. The van der Waals surface area contributed by atoms with Gasteiger partial charge in [0.2, 0.25) is 0 Å². The number of unbranched alkanes of at least 4 members (excludes halogenated alkanes) is 25. The van der Waals surface area contributed by atoms with Crippen molar-refractivity contribution in [2.75, 3.05) is 13.2 Å². The van der Waals surface area contributed by atoms with E-state index >= 15 is 0 Å². The van der Waals surface area contributed by atoms with Crippen molar-refractivity contribution in [3.8, 4) is 0 Å². The van der Waals surface area contributed by atoms with Crippen molar-refractivity contribution in [2.45, 2.75) is 271 Å². The summed E-state index contributed by atoms with van der Waals surface area (Å²) in [6.07, 6.45) is 71.3. The van der Waals surface area contributed by atoms with Crippen molar-refractivity contribution in [3.63, 3.8) is 0 Å². The Morgan fingerprint density at radius 1 is 0.313 bits per heavy atom. The van der Waals surface area contributed by atoms with Crippen LogP contribution in [0.15, 0.2) is 85.1 Å². The van der Waals surface area contributed by atoms with Gasteiger partial charge in [0, 0.05) is 19.3 Å². The number of rotatable bonds is 50. The monoisotopic (exact) mass is 933 g/mol. The quantitative estimate of drug-likeness (QED) is 0.0262. The number of hydrogen-bond donors (Lipinski definition) is 0. The lowest BCUT2D eigenvalue weighted by atomic mass is 10.1. The molecule has 384 valence electrons. The van der Waals surface area contributed by atoms with Gasteiger partial charge in [-0.25, -0.2) is 0 Å². The van der Waals surface area contributed by atoms with Crippen LogP contribution in [0.4, 0.5) is 0 Å². The number of allylic oxidation sites excluding steroid dienone is 14. The van der Waals surface area contributed by atoms with Gasteiger partial charge in [0.25, 0.3) is 0 Å². The minimum Gasteiger partial charge on any atom is -0.462 e. The molecule has 0 saturated heterocycles. The maximum atomic E-state index is 12.8. The molecule has 0 saturated carbocycles. The Hall–Kier alpha value is -3.41. The van der Waals surface area contributed by atoms with Gasteiger partial charge < -0.3 is 14.2 Å². The molecule has 0 aliphatic carbocycles. The third-order valence-electron chi connectivity index (χ3n) is 11.9. The van der Waals surface area contributed by atoms with Crippen LogP contribution in [0.3, 0.4) is 0 Å². The standard InChI is InChI=1S/C61H104O6/c1-4-7-10-13-16-19-22-25-28-29-30-31-34-36-39-42-45-48-51-54-60(63)66-57-58(67-61(64)55-52-49-46-43-40-37-33-27-24-21-18-15-12-9-6-3)56-65-59(62)53-50-47-44-41-38-35-32-26-23-20-17-14-11-8-5-2/h7,10,16,19-21,23-25,28,30-31,36,39,58H,4-6,8-9,11-15,17-18,22,26-27,29,32-35,37-38,40-57H2,1-3H3/b10-7+,19-16+,23-20+,24-21+,28-25+,31-30+,39-36+/t58-/m1/s1. The van der Waals surface area contributed by atoms with Gasteiger partial charge in [0.15, 0.2) is 6.10 Å². The molecule has 0 radical (unpaired) electrons. The molecule has 0 bridgehead atoms. The first-order valence-electron chi connectivity index (χ1n) is 28.1. The predicted octanol–water partition coefficient (Wildman–Crippen LogP) is 18.8. The highest BCUT2D eigenvalue weighted by Gasteiger charge is 2.19.